The number of carbonyl (C=O) groups excluding carboxylic acids is 2. The molecule has 7 heteroatoms. The van der Waals surface area contributed by atoms with Crippen molar-refractivity contribution in [1.82, 2.24) is 4.90 Å². The first-order valence-corrected chi connectivity index (χ1v) is 9.67. The second-order valence-corrected chi connectivity index (χ2v) is 7.03. The molecular formula is C21H24N2O5. The van der Waals surface area contributed by atoms with Crippen LogP contribution in [0.25, 0.3) is 0 Å². The molecule has 1 fully saturated rings. The van der Waals surface area contributed by atoms with Gasteiger partial charge < -0.3 is 24.1 Å². The maximum absolute atomic E-state index is 12.5. The van der Waals surface area contributed by atoms with E-state index in [2.05, 4.69) is 5.32 Å². The van der Waals surface area contributed by atoms with E-state index in [1.54, 1.807) is 6.26 Å². The van der Waals surface area contributed by atoms with E-state index in [4.69, 9.17) is 13.9 Å². The van der Waals surface area contributed by atoms with Crippen LogP contribution in [0.2, 0.25) is 0 Å². The van der Waals surface area contributed by atoms with Gasteiger partial charge in [0.2, 0.25) is 11.8 Å². The monoisotopic (exact) mass is 384 g/mol. The maximum atomic E-state index is 12.5. The van der Waals surface area contributed by atoms with Crippen LogP contribution in [0.1, 0.15) is 36.7 Å². The number of nitrogens with one attached hydrogen (secondary N) is 1. The number of hydrogen-bond donors (Lipinski definition) is 1. The van der Waals surface area contributed by atoms with Crippen molar-refractivity contribution in [2.45, 2.75) is 31.8 Å². The smallest absolute Gasteiger partial charge is 0.224 e. The molecule has 2 amide bonds. The molecule has 0 radical (unpaired) electrons. The minimum absolute atomic E-state index is 0.0529. The topological polar surface area (TPSA) is 81.0 Å². The number of fused-ring (bicyclic) bond motifs is 1. The fourth-order valence-electron chi connectivity index (χ4n) is 3.54. The summed E-state index contributed by atoms with van der Waals surface area (Å²) in [6.45, 7) is 2.11. The Labute approximate surface area is 163 Å². The van der Waals surface area contributed by atoms with Gasteiger partial charge in [0.05, 0.1) is 26.0 Å². The van der Waals surface area contributed by atoms with Gasteiger partial charge in [-0.15, -0.1) is 0 Å². The number of amides is 2. The molecule has 0 saturated carbocycles. The first-order chi connectivity index (χ1) is 13.7. The highest BCUT2D eigenvalue weighted by Gasteiger charge is 2.26. The van der Waals surface area contributed by atoms with Crippen molar-refractivity contribution in [2.75, 3.05) is 31.6 Å². The first kappa shape index (κ1) is 18.6. The molecule has 1 unspecified atom stereocenters. The molecule has 0 spiro atoms. The van der Waals surface area contributed by atoms with Crippen LogP contribution >= 0.6 is 0 Å². The lowest BCUT2D eigenvalue weighted by Crippen LogP contribution is -2.42. The van der Waals surface area contributed by atoms with Crippen LogP contribution in [0, 0.1) is 0 Å². The maximum Gasteiger partial charge on any atom is 0.224 e. The van der Waals surface area contributed by atoms with Crippen molar-refractivity contribution < 1.29 is 23.5 Å². The van der Waals surface area contributed by atoms with Crippen LogP contribution in [0.5, 0.6) is 5.75 Å². The van der Waals surface area contributed by atoms with Crippen LogP contribution in [0.15, 0.2) is 41.0 Å². The highest BCUT2D eigenvalue weighted by molar-refractivity contribution is 5.94. The van der Waals surface area contributed by atoms with E-state index in [-0.39, 0.29) is 17.9 Å². The van der Waals surface area contributed by atoms with Crippen molar-refractivity contribution in [3.8, 4) is 5.75 Å². The summed E-state index contributed by atoms with van der Waals surface area (Å²) < 4.78 is 16.9. The lowest BCUT2D eigenvalue weighted by atomic mass is 10.0. The van der Waals surface area contributed by atoms with Gasteiger partial charge in [-0.2, -0.15) is 0 Å². The molecule has 0 bridgehead atoms. The number of ether oxygens (including phenoxy) is 2. The fraction of sp³-hybridized carbons (Fsp3) is 0.429. The summed E-state index contributed by atoms with van der Waals surface area (Å²) in [6, 6.07) is 9.38. The second kappa shape index (κ2) is 8.48. The van der Waals surface area contributed by atoms with Crippen LogP contribution in [-0.4, -0.2) is 43.0 Å². The Kier molecular flexibility index (Phi) is 5.62. The fourth-order valence-corrected chi connectivity index (χ4v) is 3.54. The zero-order valence-corrected chi connectivity index (χ0v) is 15.7. The van der Waals surface area contributed by atoms with E-state index in [0.29, 0.717) is 45.6 Å². The largest absolute Gasteiger partial charge is 0.494 e. The molecule has 2 aromatic rings. The predicted molar refractivity (Wildman–Crippen MR) is 102 cm³/mol. The Balaban J connectivity index is 1.22. The lowest BCUT2D eigenvalue weighted by molar-refractivity contribution is -0.139. The molecule has 2 aliphatic heterocycles. The number of nitrogens with zero attached hydrogens (tertiary/aromatic N) is 1. The van der Waals surface area contributed by atoms with Gasteiger partial charge in [-0.05, 0) is 48.7 Å². The number of benzene rings is 1. The molecule has 1 aromatic heterocycles. The molecule has 1 saturated heterocycles. The summed E-state index contributed by atoms with van der Waals surface area (Å²) in [5, 5.41) is 2.86. The average molecular weight is 384 g/mol. The molecule has 1 atom stereocenters. The highest BCUT2D eigenvalue weighted by Crippen LogP contribution is 2.27. The molecule has 4 rings (SSSR count). The van der Waals surface area contributed by atoms with Crippen LogP contribution < -0.4 is 10.1 Å². The van der Waals surface area contributed by atoms with Gasteiger partial charge in [-0.3, -0.25) is 9.59 Å². The minimum Gasteiger partial charge on any atom is -0.494 e. The van der Waals surface area contributed by atoms with Gasteiger partial charge in [0.25, 0.3) is 0 Å². The summed E-state index contributed by atoms with van der Waals surface area (Å²) >= 11 is 0. The van der Waals surface area contributed by atoms with E-state index >= 15 is 0 Å². The quantitative estimate of drug-likeness (QED) is 0.775. The van der Waals surface area contributed by atoms with E-state index in [0.717, 1.165) is 29.2 Å². The van der Waals surface area contributed by atoms with Crippen molar-refractivity contribution in [2.24, 2.45) is 0 Å². The zero-order valence-electron chi connectivity index (χ0n) is 15.7. The molecule has 0 aliphatic carbocycles. The third-order valence-corrected chi connectivity index (χ3v) is 5.06. The van der Waals surface area contributed by atoms with Gasteiger partial charge in [-0.1, -0.05) is 0 Å². The summed E-state index contributed by atoms with van der Waals surface area (Å²) in [5.74, 6) is 1.68. The number of hydrogen-bond acceptors (Lipinski definition) is 5. The molecular weight excluding hydrogens is 360 g/mol. The molecule has 148 valence electrons. The number of carbonyl (C=O) groups is 2. The Hall–Kier alpha value is -2.80. The van der Waals surface area contributed by atoms with E-state index < -0.39 is 0 Å². The summed E-state index contributed by atoms with van der Waals surface area (Å²) in [7, 11) is 0. The minimum atomic E-state index is -0.195. The normalized spacial score (nSPS) is 19.1. The third kappa shape index (κ3) is 4.36. The zero-order chi connectivity index (χ0) is 19.3. The first-order valence-electron chi connectivity index (χ1n) is 9.67. The molecule has 3 heterocycles. The number of morpholine rings is 1. The third-order valence-electron chi connectivity index (χ3n) is 5.06. The van der Waals surface area contributed by atoms with E-state index in [1.807, 2.05) is 35.2 Å². The van der Waals surface area contributed by atoms with Gasteiger partial charge in [-0.25, -0.2) is 0 Å². The molecule has 2 aliphatic rings. The Morgan fingerprint density at radius 1 is 1.29 bits per heavy atom. The number of aryl methyl sites for hydroxylation is 1. The van der Waals surface area contributed by atoms with Crippen molar-refractivity contribution in [3.63, 3.8) is 0 Å². The Morgan fingerprint density at radius 2 is 2.21 bits per heavy atom. The Bertz CT molecular complexity index is 833. The lowest BCUT2D eigenvalue weighted by Gasteiger charge is -2.32. The van der Waals surface area contributed by atoms with Crippen molar-refractivity contribution >= 4 is 17.5 Å². The van der Waals surface area contributed by atoms with Crippen LogP contribution in [0.3, 0.4) is 0 Å². The summed E-state index contributed by atoms with van der Waals surface area (Å²) in [5.41, 5.74) is 1.95. The van der Waals surface area contributed by atoms with Crippen molar-refractivity contribution in [1.29, 1.82) is 0 Å². The van der Waals surface area contributed by atoms with Gasteiger partial charge in [0, 0.05) is 25.1 Å². The number of anilines is 1. The summed E-state index contributed by atoms with van der Waals surface area (Å²) in [6.07, 6.45) is 3.74. The molecule has 1 aromatic carbocycles. The average Bonchev–Trinajstić information content (AvgIpc) is 3.26. The van der Waals surface area contributed by atoms with E-state index in [9.17, 15) is 9.59 Å². The molecule has 1 N–H and O–H groups in total. The van der Waals surface area contributed by atoms with Crippen LogP contribution in [0.4, 0.5) is 5.69 Å². The van der Waals surface area contributed by atoms with Gasteiger partial charge in [0.15, 0.2) is 0 Å². The van der Waals surface area contributed by atoms with Gasteiger partial charge in [0.1, 0.15) is 17.6 Å². The van der Waals surface area contributed by atoms with Crippen LogP contribution in [-0.2, 0) is 20.7 Å². The highest BCUT2D eigenvalue weighted by atomic mass is 16.5. The second-order valence-electron chi connectivity index (χ2n) is 7.03. The SMILES string of the molecule is O=C1CCc2cc(OCCCC(=O)N3CCOC(c4ccco4)C3)ccc2N1. The molecule has 7 nitrogen and oxygen atoms in total. The standard InChI is InChI=1S/C21H24N2O5/c24-20-8-5-15-13-16(6-7-17(15)22-20)26-10-2-4-21(25)23-9-12-28-19(14-23)18-3-1-11-27-18/h1,3,6-7,11,13,19H,2,4-5,8-10,12,14H2,(H,22,24). The van der Waals surface area contributed by atoms with E-state index in [1.165, 1.54) is 0 Å². The number of rotatable bonds is 6. The summed E-state index contributed by atoms with van der Waals surface area (Å²) in [4.78, 5) is 25.7. The Morgan fingerprint density at radius 3 is 3.07 bits per heavy atom. The van der Waals surface area contributed by atoms with Crippen molar-refractivity contribution in [3.05, 3.63) is 47.9 Å². The number of furan rings is 1. The van der Waals surface area contributed by atoms with Gasteiger partial charge >= 0.3 is 0 Å². The predicted octanol–water partition coefficient (Wildman–Crippen LogP) is 2.92. The molecule has 28 heavy (non-hydrogen) atoms.